The van der Waals surface area contributed by atoms with Crippen LogP contribution in [0.2, 0.25) is 10.0 Å². The molecule has 1 aromatic carbocycles. The van der Waals surface area contributed by atoms with Crippen molar-refractivity contribution in [1.29, 1.82) is 0 Å². The second-order valence-corrected chi connectivity index (χ2v) is 5.13. The number of aliphatic hydroxyl groups excluding tert-OH is 1. The van der Waals surface area contributed by atoms with Gasteiger partial charge >= 0.3 is 5.82 Å². The third-order valence-electron chi connectivity index (χ3n) is 2.89. The van der Waals surface area contributed by atoms with Gasteiger partial charge in [-0.25, -0.2) is 0 Å². The van der Waals surface area contributed by atoms with Crippen molar-refractivity contribution in [2.75, 3.05) is 11.9 Å². The van der Waals surface area contributed by atoms with Crippen LogP contribution in [0.25, 0.3) is 0 Å². The number of nitrogens with one attached hydrogen (secondary N) is 1. The normalized spacial score (nSPS) is 12.2. The molecule has 0 fully saturated rings. The number of aliphatic hydroxyl groups is 1. The number of aromatic nitrogens is 2. The smallest absolute Gasteiger partial charge is 0.386 e. The summed E-state index contributed by atoms with van der Waals surface area (Å²) in [6.45, 7) is 0.00380. The zero-order chi connectivity index (χ0) is 15.6. The lowest BCUT2D eigenvalue weighted by Crippen LogP contribution is -2.15. The van der Waals surface area contributed by atoms with Crippen LogP contribution in [0.15, 0.2) is 24.5 Å². The minimum atomic E-state index is -1.01. The molecule has 21 heavy (non-hydrogen) atoms. The van der Waals surface area contributed by atoms with Gasteiger partial charge in [0.25, 0.3) is 0 Å². The van der Waals surface area contributed by atoms with Gasteiger partial charge in [-0.1, -0.05) is 29.3 Å². The number of nitrogens with zero attached hydrogens (tertiary/aromatic N) is 3. The largest absolute Gasteiger partial charge is 0.406 e. The fourth-order valence-electron chi connectivity index (χ4n) is 1.88. The molecule has 0 spiro atoms. The van der Waals surface area contributed by atoms with Crippen molar-refractivity contribution < 1.29 is 10.0 Å². The van der Waals surface area contributed by atoms with Gasteiger partial charge in [0.1, 0.15) is 0 Å². The molecule has 112 valence electrons. The SMILES string of the molecule is Cn1cnc([N+](=O)[O-])c1NC[C@H](O)c1c(Cl)cccc1Cl. The molecule has 2 N–H and O–H groups in total. The molecule has 2 aromatic rings. The highest BCUT2D eigenvalue weighted by atomic mass is 35.5. The van der Waals surface area contributed by atoms with Crippen LogP contribution in [-0.4, -0.2) is 26.1 Å². The molecule has 0 radical (unpaired) electrons. The maximum Gasteiger partial charge on any atom is 0.406 e. The summed E-state index contributed by atoms with van der Waals surface area (Å²) < 4.78 is 1.46. The first-order valence-corrected chi connectivity index (χ1v) is 6.69. The van der Waals surface area contributed by atoms with Gasteiger partial charge in [0.2, 0.25) is 12.1 Å². The zero-order valence-corrected chi connectivity index (χ0v) is 12.5. The highest BCUT2D eigenvalue weighted by Gasteiger charge is 2.22. The lowest BCUT2D eigenvalue weighted by molar-refractivity contribution is -0.388. The molecule has 0 aliphatic rings. The number of aryl methyl sites for hydroxylation is 1. The molecule has 1 heterocycles. The van der Waals surface area contributed by atoms with Crippen molar-refractivity contribution in [3.63, 3.8) is 0 Å². The Morgan fingerprint density at radius 3 is 2.67 bits per heavy atom. The van der Waals surface area contributed by atoms with Gasteiger partial charge in [-0.05, 0) is 22.0 Å². The van der Waals surface area contributed by atoms with Gasteiger partial charge in [0.05, 0.1) is 6.10 Å². The van der Waals surface area contributed by atoms with E-state index in [4.69, 9.17) is 23.2 Å². The first-order chi connectivity index (χ1) is 9.91. The Hall–Kier alpha value is -1.83. The Bertz CT molecular complexity index is 654. The fraction of sp³-hybridized carbons (Fsp3) is 0.250. The summed E-state index contributed by atoms with van der Waals surface area (Å²) in [6.07, 6.45) is 0.302. The predicted molar refractivity (Wildman–Crippen MR) is 79.8 cm³/mol. The average Bonchev–Trinajstić information content (AvgIpc) is 2.77. The monoisotopic (exact) mass is 330 g/mol. The van der Waals surface area contributed by atoms with E-state index in [9.17, 15) is 15.2 Å². The zero-order valence-electron chi connectivity index (χ0n) is 11.0. The summed E-state index contributed by atoms with van der Waals surface area (Å²) >= 11 is 12.0. The molecule has 9 heteroatoms. The van der Waals surface area contributed by atoms with Crippen LogP contribution < -0.4 is 5.32 Å². The molecule has 1 atom stereocenters. The van der Waals surface area contributed by atoms with Gasteiger partial charge < -0.3 is 20.5 Å². The quantitative estimate of drug-likeness (QED) is 0.649. The van der Waals surface area contributed by atoms with E-state index in [0.717, 1.165) is 0 Å². The van der Waals surface area contributed by atoms with Gasteiger partial charge in [0, 0.05) is 29.2 Å². The molecular formula is C12H12Cl2N4O3. The summed E-state index contributed by atoms with van der Waals surface area (Å²) in [6, 6.07) is 4.89. The van der Waals surface area contributed by atoms with Gasteiger partial charge in [0.15, 0.2) is 0 Å². The van der Waals surface area contributed by atoms with Gasteiger partial charge in [-0.3, -0.25) is 4.57 Å². The molecule has 1 aromatic heterocycles. The molecule has 0 saturated heterocycles. The van der Waals surface area contributed by atoms with Crippen molar-refractivity contribution >= 4 is 34.8 Å². The van der Waals surface area contributed by atoms with Gasteiger partial charge in [-0.15, -0.1) is 0 Å². The van der Waals surface area contributed by atoms with E-state index in [2.05, 4.69) is 10.3 Å². The van der Waals surface area contributed by atoms with Crippen LogP contribution in [0.5, 0.6) is 0 Å². The van der Waals surface area contributed by atoms with E-state index < -0.39 is 11.0 Å². The van der Waals surface area contributed by atoms with E-state index in [-0.39, 0.29) is 18.2 Å². The van der Waals surface area contributed by atoms with Crippen molar-refractivity contribution in [3.05, 3.63) is 50.2 Å². The third-order valence-corrected chi connectivity index (χ3v) is 3.55. The number of anilines is 1. The highest BCUT2D eigenvalue weighted by Crippen LogP contribution is 2.31. The number of hydrogen-bond donors (Lipinski definition) is 2. The molecular weight excluding hydrogens is 319 g/mol. The number of hydrogen-bond acceptors (Lipinski definition) is 5. The number of imidazole rings is 1. The Morgan fingerprint density at radius 1 is 1.48 bits per heavy atom. The number of nitro groups is 1. The van der Waals surface area contributed by atoms with Crippen LogP contribution in [-0.2, 0) is 7.05 Å². The van der Waals surface area contributed by atoms with Crippen molar-refractivity contribution in [2.24, 2.45) is 7.05 Å². The molecule has 0 unspecified atom stereocenters. The van der Waals surface area contributed by atoms with Crippen LogP contribution in [0.4, 0.5) is 11.6 Å². The molecule has 0 amide bonds. The van der Waals surface area contributed by atoms with Gasteiger partial charge in [-0.2, -0.15) is 0 Å². The molecule has 0 aliphatic carbocycles. The van der Waals surface area contributed by atoms with E-state index in [0.29, 0.717) is 15.6 Å². The summed E-state index contributed by atoms with van der Waals surface area (Å²) in [5.41, 5.74) is 0.373. The summed E-state index contributed by atoms with van der Waals surface area (Å²) in [4.78, 5) is 13.9. The first-order valence-electron chi connectivity index (χ1n) is 5.93. The second kappa shape index (κ2) is 6.30. The number of benzene rings is 1. The molecule has 7 nitrogen and oxygen atoms in total. The van der Waals surface area contributed by atoms with E-state index in [1.165, 1.54) is 10.9 Å². The second-order valence-electron chi connectivity index (χ2n) is 4.32. The molecule has 0 aliphatic heterocycles. The Labute approximate surface area is 130 Å². The minimum absolute atomic E-state index is 0.00380. The molecule has 2 rings (SSSR count). The van der Waals surface area contributed by atoms with E-state index in [1.807, 2.05) is 0 Å². The summed E-state index contributed by atoms with van der Waals surface area (Å²) in [7, 11) is 1.61. The number of rotatable bonds is 5. The van der Waals surface area contributed by atoms with E-state index in [1.54, 1.807) is 25.2 Å². The van der Waals surface area contributed by atoms with E-state index >= 15 is 0 Å². The highest BCUT2D eigenvalue weighted by molar-refractivity contribution is 6.36. The van der Waals surface area contributed by atoms with Crippen LogP contribution in [0.1, 0.15) is 11.7 Å². The van der Waals surface area contributed by atoms with Crippen molar-refractivity contribution in [3.8, 4) is 0 Å². The summed E-state index contributed by atoms with van der Waals surface area (Å²) in [5.74, 6) is -0.114. The Morgan fingerprint density at radius 2 is 2.10 bits per heavy atom. The third kappa shape index (κ3) is 3.26. The maximum absolute atomic E-state index is 10.8. The topological polar surface area (TPSA) is 93.2 Å². The minimum Gasteiger partial charge on any atom is -0.386 e. The molecule has 0 bridgehead atoms. The lowest BCUT2D eigenvalue weighted by Gasteiger charge is -2.15. The Balaban J connectivity index is 2.17. The average molecular weight is 331 g/mol. The van der Waals surface area contributed by atoms with Crippen LogP contribution in [0, 0.1) is 10.1 Å². The Kier molecular flexibility index (Phi) is 4.66. The fourth-order valence-corrected chi connectivity index (χ4v) is 2.53. The predicted octanol–water partition coefficient (Wildman–Crippen LogP) is 2.78. The first kappa shape index (κ1) is 15.6. The van der Waals surface area contributed by atoms with Crippen LogP contribution in [0.3, 0.4) is 0 Å². The van der Waals surface area contributed by atoms with Crippen LogP contribution >= 0.6 is 23.2 Å². The maximum atomic E-state index is 10.8. The standard InChI is InChI=1S/C12H12Cl2N4O3/c1-17-6-16-12(18(20)21)11(17)15-5-9(19)10-7(13)3-2-4-8(10)14/h2-4,6,9,15,19H,5H2,1H3/t9-/m0/s1. The summed E-state index contributed by atoms with van der Waals surface area (Å²) in [5, 5.41) is 24.5. The van der Waals surface area contributed by atoms with Crippen molar-refractivity contribution in [2.45, 2.75) is 6.10 Å². The lowest BCUT2D eigenvalue weighted by atomic mass is 10.1. The molecule has 0 saturated carbocycles. The van der Waals surface area contributed by atoms with Crippen molar-refractivity contribution in [1.82, 2.24) is 9.55 Å². The number of halogens is 2.